The molecule has 1 amide bonds. The van der Waals surface area contributed by atoms with E-state index in [0.29, 0.717) is 17.0 Å². The Bertz CT molecular complexity index is 1410. The third-order valence-corrected chi connectivity index (χ3v) is 4.96. The van der Waals surface area contributed by atoms with Gasteiger partial charge in [0, 0.05) is 18.1 Å². The number of aromatic nitrogens is 4. The van der Waals surface area contributed by atoms with E-state index in [9.17, 15) is 14.4 Å². The molecular formula is C23H21N5O4. The fraction of sp³-hybridized carbons (Fsp3) is 0.174. The van der Waals surface area contributed by atoms with Gasteiger partial charge in [0.25, 0.3) is 5.56 Å². The molecule has 0 aliphatic heterocycles. The van der Waals surface area contributed by atoms with Gasteiger partial charge in [-0.2, -0.15) is 0 Å². The van der Waals surface area contributed by atoms with Gasteiger partial charge in [0.05, 0.1) is 13.7 Å². The minimum Gasteiger partial charge on any atom is -0.497 e. The van der Waals surface area contributed by atoms with Gasteiger partial charge in [-0.3, -0.25) is 18.7 Å². The molecule has 2 aromatic heterocycles. The molecule has 2 heterocycles. The Hall–Kier alpha value is -4.27. The molecular weight excluding hydrogens is 410 g/mol. The van der Waals surface area contributed by atoms with Crippen molar-refractivity contribution >= 4 is 22.8 Å². The second-order valence-corrected chi connectivity index (χ2v) is 7.25. The highest BCUT2D eigenvalue weighted by Crippen LogP contribution is 2.13. The summed E-state index contributed by atoms with van der Waals surface area (Å²) in [6, 6.07) is 14.4. The quantitative estimate of drug-likeness (QED) is 0.500. The molecule has 0 unspecified atom stereocenters. The van der Waals surface area contributed by atoms with Gasteiger partial charge in [-0.1, -0.05) is 29.8 Å². The number of carbonyl (C=O) groups excluding carboxylic acids is 1. The van der Waals surface area contributed by atoms with Crippen LogP contribution in [-0.4, -0.2) is 32.1 Å². The minimum absolute atomic E-state index is 0.000954. The first-order chi connectivity index (χ1) is 15.5. The van der Waals surface area contributed by atoms with Crippen molar-refractivity contribution in [1.82, 2.24) is 19.1 Å². The van der Waals surface area contributed by atoms with Crippen LogP contribution < -0.4 is 21.3 Å². The van der Waals surface area contributed by atoms with Crippen LogP contribution in [0.25, 0.3) is 11.2 Å². The number of hydrogen-bond acceptors (Lipinski definition) is 6. The van der Waals surface area contributed by atoms with Crippen LogP contribution in [0.5, 0.6) is 5.75 Å². The molecule has 162 valence electrons. The molecule has 0 bridgehead atoms. The summed E-state index contributed by atoms with van der Waals surface area (Å²) in [6.07, 6.45) is 2.75. The number of rotatable bonds is 6. The maximum atomic E-state index is 13.2. The summed E-state index contributed by atoms with van der Waals surface area (Å²) >= 11 is 0. The molecule has 0 fully saturated rings. The Morgan fingerprint density at radius 2 is 1.78 bits per heavy atom. The molecule has 0 aliphatic carbocycles. The fourth-order valence-electron chi connectivity index (χ4n) is 3.35. The Labute approximate surface area is 182 Å². The van der Waals surface area contributed by atoms with Gasteiger partial charge in [-0.15, -0.1) is 0 Å². The number of ether oxygens (including phenoxy) is 1. The van der Waals surface area contributed by atoms with Gasteiger partial charge in [-0.05, 0) is 36.8 Å². The molecule has 4 rings (SSSR count). The number of carbonyl (C=O) groups is 1. The predicted molar refractivity (Wildman–Crippen MR) is 120 cm³/mol. The van der Waals surface area contributed by atoms with Crippen LogP contribution in [0.4, 0.5) is 5.69 Å². The summed E-state index contributed by atoms with van der Waals surface area (Å²) in [5.41, 5.74) is 1.21. The van der Waals surface area contributed by atoms with Crippen LogP contribution in [0.3, 0.4) is 0 Å². The Balaban J connectivity index is 1.74. The average Bonchev–Trinajstić information content (AvgIpc) is 2.81. The maximum Gasteiger partial charge on any atom is 0.333 e. The van der Waals surface area contributed by atoms with Gasteiger partial charge < -0.3 is 10.1 Å². The van der Waals surface area contributed by atoms with Gasteiger partial charge >= 0.3 is 5.69 Å². The number of fused-ring (bicyclic) bond motifs is 1. The van der Waals surface area contributed by atoms with Crippen LogP contribution in [0.2, 0.25) is 0 Å². The Kier molecular flexibility index (Phi) is 5.80. The summed E-state index contributed by atoms with van der Waals surface area (Å²) in [7, 11) is 1.54. The van der Waals surface area contributed by atoms with E-state index in [0.717, 1.165) is 14.7 Å². The first-order valence-corrected chi connectivity index (χ1v) is 9.90. The summed E-state index contributed by atoms with van der Waals surface area (Å²) in [4.78, 5) is 47.1. The summed E-state index contributed by atoms with van der Waals surface area (Å²) in [5, 5.41) is 2.76. The van der Waals surface area contributed by atoms with E-state index in [2.05, 4.69) is 15.3 Å². The van der Waals surface area contributed by atoms with Crippen LogP contribution in [0.15, 0.2) is 70.5 Å². The third-order valence-electron chi connectivity index (χ3n) is 4.96. The van der Waals surface area contributed by atoms with Gasteiger partial charge in [0.1, 0.15) is 12.3 Å². The first-order valence-electron chi connectivity index (χ1n) is 9.90. The minimum atomic E-state index is -0.648. The molecule has 0 radical (unpaired) electrons. The van der Waals surface area contributed by atoms with Crippen LogP contribution in [-0.2, 0) is 17.9 Å². The van der Waals surface area contributed by atoms with E-state index in [1.54, 1.807) is 36.4 Å². The van der Waals surface area contributed by atoms with Crippen LogP contribution >= 0.6 is 0 Å². The lowest BCUT2D eigenvalue weighted by molar-refractivity contribution is -0.116. The zero-order valence-electron chi connectivity index (χ0n) is 17.6. The maximum absolute atomic E-state index is 13.2. The van der Waals surface area contributed by atoms with Crippen molar-refractivity contribution < 1.29 is 9.53 Å². The third kappa shape index (κ3) is 4.27. The highest BCUT2D eigenvalue weighted by molar-refractivity contribution is 5.91. The van der Waals surface area contributed by atoms with E-state index in [1.807, 2.05) is 19.1 Å². The van der Waals surface area contributed by atoms with E-state index in [4.69, 9.17) is 4.74 Å². The number of methoxy groups -OCH3 is 1. The Morgan fingerprint density at radius 3 is 2.53 bits per heavy atom. The van der Waals surface area contributed by atoms with Crippen LogP contribution in [0.1, 0.15) is 11.1 Å². The highest BCUT2D eigenvalue weighted by atomic mass is 16.5. The van der Waals surface area contributed by atoms with E-state index in [-0.39, 0.29) is 24.3 Å². The van der Waals surface area contributed by atoms with Crippen molar-refractivity contribution in [2.45, 2.75) is 20.0 Å². The second-order valence-electron chi connectivity index (χ2n) is 7.25. The van der Waals surface area contributed by atoms with Crippen molar-refractivity contribution in [2.24, 2.45) is 0 Å². The van der Waals surface area contributed by atoms with E-state index in [1.165, 1.54) is 19.5 Å². The fourth-order valence-corrected chi connectivity index (χ4v) is 3.35. The standard InChI is InChI=1S/C23H21N5O4/c1-15-6-8-17(9-7-15)26-19(29)14-27-21-20(24-10-11-25-21)22(30)28(23(27)31)13-16-4-3-5-18(12-16)32-2/h3-12H,13-14H2,1-2H3,(H,26,29). The summed E-state index contributed by atoms with van der Waals surface area (Å²) in [5.74, 6) is 0.184. The van der Waals surface area contributed by atoms with Gasteiger partial charge in [0.15, 0.2) is 11.2 Å². The van der Waals surface area contributed by atoms with E-state index >= 15 is 0 Å². The van der Waals surface area contributed by atoms with Crippen molar-refractivity contribution in [3.8, 4) is 5.75 Å². The number of amides is 1. The van der Waals surface area contributed by atoms with Crippen LogP contribution in [0, 0.1) is 6.92 Å². The number of hydrogen-bond donors (Lipinski definition) is 1. The molecule has 0 saturated heterocycles. The van der Waals surface area contributed by atoms with E-state index < -0.39 is 17.2 Å². The number of aryl methyl sites for hydroxylation is 1. The second kappa shape index (κ2) is 8.84. The number of anilines is 1. The normalized spacial score (nSPS) is 10.8. The summed E-state index contributed by atoms with van der Waals surface area (Å²) < 4.78 is 7.42. The lowest BCUT2D eigenvalue weighted by atomic mass is 10.2. The molecule has 0 atom stereocenters. The predicted octanol–water partition coefficient (Wildman–Crippen LogP) is 1.96. The molecule has 9 heteroatoms. The topological polar surface area (TPSA) is 108 Å². The smallest absolute Gasteiger partial charge is 0.333 e. The molecule has 0 saturated carbocycles. The van der Waals surface area contributed by atoms with Gasteiger partial charge in [0.2, 0.25) is 5.91 Å². The number of benzene rings is 2. The Morgan fingerprint density at radius 1 is 1.03 bits per heavy atom. The zero-order valence-corrected chi connectivity index (χ0v) is 17.6. The zero-order chi connectivity index (χ0) is 22.7. The molecule has 9 nitrogen and oxygen atoms in total. The molecule has 32 heavy (non-hydrogen) atoms. The molecule has 4 aromatic rings. The molecule has 0 aliphatic rings. The molecule has 0 spiro atoms. The van der Waals surface area contributed by atoms with Crippen molar-refractivity contribution in [1.29, 1.82) is 0 Å². The number of nitrogens with one attached hydrogen (secondary N) is 1. The average molecular weight is 431 g/mol. The van der Waals surface area contributed by atoms with Crippen molar-refractivity contribution in [3.05, 3.63) is 92.9 Å². The first kappa shape index (κ1) is 21.0. The monoisotopic (exact) mass is 431 g/mol. The lowest BCUT2D eigenvalue weighted by Gasteiger charge is -2.13. The highest BCUT2D eigenvalue weighted by Gasteiger charge is 2.17. The summed E-state index contributed by atoms with van der Waals surface area (Å²) in [6.45, 7) is 1.63. The number of nitrogens with zero attached hydrogens (tertiary/aromatic N) is 4. The molecule has 2 aromatic carbocycles. The largest absolute Gasteiger partial charge is 0.497 e. The molecule has 1 N–H and O–H groups in total. The lowest BCUT2D eigenvalue weighted by Crippen LogP contribution is -2.42. The van der Waals surface area contributed by atoms with Gasteiger partial charge in [-0.25, -0.2) is 14.8 Å². The van der Waals surface area contributed by atoms with Crippen molar-refractivity contribution in [3.63, 3.8) is 0 Å². The SMILES string of the molecule is COc1cccc(Cn2c(=O)c3nccnc3n(CC(=O)Nc3ccc(C)cc3)c2=O)c1. The van der Waals surface area contributed by atoms with Crippen molar-refractivity contribution in [2.75, 3.05) is 12.4 Å².